The zero-order valence-electron chi connectivity index (χ0n) is 10.8. The third-order valence-electron chi connectivity index (χ3n) is 2.89. The molecule has 8 heteroatoms. The quantitative estimate of drug-likeness (QED) is 0.417. The minimum absolute atomic E-state index is 0.222. The highest BCUT2D eigenvalue weighted by Gasteiger charge is 2.38. The van der Waals surface area contributed by atoms with Crippen molar-refractivity contribution in [2.45, 2.75) is 35.6 Å². The fourth-order valence-electron chi connectivity index (χ4n) is 1.56. The first-order valence-electron chi connectivity index (χ1n) is 5.85. The largest absolute Gasteiger partial charge is 0.394 e. The molecule has 0 aliphatic rings. The molecule has 0 aromatic heterocycles. The molecular formula is C12H18O7S. The van der Waals surface area contributed by atoms with Gasteiger partial charge in [-0.25, -0.2) is 8.42 Å². The van der Waals surface area contributed by atoms with Crippen molar-refractivity contribution in [3.8, 4) is 0 Å². The van der Waals surface area contributed by atoms with E-state index in [1.807, 2.05) is 0 Å². The molecule has 0 radical (unpaired) electrons. The second kappa shape index (κ2) is 6.61. The first-order valence-corrected chi connectivity index (χ1v) is 7.40. The topological polar surface area (TPSA) is 135 Å². The summed E-state index contributed by atoms with van der Waals surface area (Å²) in [5.41, 5.74) is -1.50. The van der Waals surface area contributed by atoms with Gasteiger partial charge in [0, 0.05) is 0 Å². The highest BCUT2D eigenvalue weighted by Crippen LogP contribution is 2.19. The van der Waals surface area contributed by atoms with Gasteiger partial charge < -0.3 is 25.5 Å². The van der Waals surface area contributed by atoms with Crippen molar-refractivity contribution in [3.63, 3.8) is 0 Å². The Morgan fingerprint density at radius 3 is 1.95 bits per heavy atom. The van der Waals surface area contributed by atoms with Gasteiger partial charge in [-0.1, -0.05) is 17.7 Å². The van der Waals surface area contributed by atoms with Crippen molar-refractivity contribution in [1.29, 1.82) is 0 Å². The lowest BCUT2D eigenvalue weighted by Crippen LogP contribution is -2.48. The van der Waals surface area contributed by atoms with Crippen molar-refractivity contribution >= 4 is 9.84 Å². The van der Waals surface area contributed by atoms with Gasteiger partial charge in [-0.05, 0) is 19.1 Å². The van der Waals surface area contributed by atoms with Crippen LogP contribution < -0.4 is 0 Å². The minimum Gasteiger partial charge on any atom is -0.394 e. The number of hydrogen-bond donors (Lipinski definition) is 5. The van der Waals surface area contributed by atoms with Crippen LogP contribution in [0.5, 0.6) is 0 Å². The Bertz CT molecular complexity index is 525. The Hall–Kier alpha value is -1.03. The maximum Gasteiger partial charge on any atom is 0.207 e. The molecule has 0 heterocycles. The highest BCUT2D eigenvalue weighted by atomic mass is 32.2. The minimum atomic E-state index is -4.29. The summed E-state index contributed by atoms with van der Waals surface area (Å²) in [7, 11) is -4.29. The smallest absolute Gasteiger partial charge is 0.207 e. The van der Waals surface area contributed by atoms with Crippen molar-refractivity contribution in [2.24, 2.45) is 0 Å². The normalized spacial score (nSPS) is 18.3. The van der Waals surface area contributed by atoms with Gasteiger partial charge in [0.1, 0.15) is 18.3 Å². The van der Waals surface area contributed by atoms with Crippen LogP contribution >= 0.6 is 0 Å². The van der Waals surface area contributed by atoms with Crippen molar-refractivity contribution in [2.75, 3.05) is 6.61 Å². The molecule has 0 aliphatic carbocycles. The van der Waals surface area contributed by atoms with Crippen LogP contribution in [0.3, 0.4) is 0 Å². The summed E-state index contributed by atoms with van der Waals surface area (Å²) in [6, 6.07) is 5.56. The number of hydrogen-bond acceptors (Lipinski definition) is 7. The predicted octanol–water partition coefficient (Wildman–Crippen LogP) is -1.84. The van der Waals surface area contributed by atoms with Crippen LogP contribution in [0.1, 0.15) is 5.56 Å². The van der Waals surface area contributed by atoms with Crippen molar-refractivity contribution in [3.05, 3.63) is 29.8 Å². The van der Waals surface area contributed by atoms with E-state index in [9.17, 15) is 23.7 Å². The highest BCUT2D eigenvalue weighted by molar-refractivity contribution is 7.92. The fraction of sp³-hybridized carbons (Fsp3) is 0.500. The van der Waals surface area contributed by atoms with Crippen LogP contribution in [0.4, 0.5) is 0 Å². The maximum atomic E-state index is 12.0. The van der Waals surface area contributed by atoms with Crippen LogP contribution in [-0.2, 0) is 9.84 Å². The summed E-state index contributed by atoms with van der Waals surface area (Å²) in [6.45, 7) is 0.874. The maximum absolute atomic E-state index is 12.0. The molecule has 0 aliphatic heterocycles. The van der Waals surface area contributed by atoms with Crippen molar-refractivity contribution in [1.82, 2.24) is 0 Å². The number of aryl methyl sites for hydroxylation is 1. The molecule has 1 unspecified atom stereocenters. The molecule has 1 aromatic rings. The summed E-state index contributed by atoms with van der Waals surface area (Å²) < 4.78 is 24.1. The fourth-order valence-corrected chi connectivity index (χ4v) is 2.88. The van der Waals surface area contributed by atoms with E-state index in [0.29, 0.717) is 0 Å². The van der Waals surface area contributed by atoms with E-state index in [4.69, 9.17) is 10.2 Å². The van der Waals surface area contributed by atoms with Gasteiger partial charge >= 0.3 is 0 Å². The Morgan fingerprint density at radius 2 is 1.50 bits per heavy atom. The summed E-state index contributed by atoms with van der Waals surface area (Å²) in [5.74, 6) is 0. The summed E-state index contributed by atoms with van der Waals surface area (Å²) in [4.78, 5) is -0.222. The molecule has 4 atom stereocenters. The molecule has 0 amide bonds. The standard InChI is InChI=1S/C12H18O7S/c1-7-2-4-8(5-3-7)20(18,19)12(17)11(16)10(15)9(14)6-13/h2-5,9-17H,6H2,1H3/t9-,10+,11+,12?/m1/s1. The molecule has 0 bridgehead atoms. The van der Waals surface area contributed by atoms with Gasteiger partial charge in [-0.3, -0.25) is 0 Å². The molecule has 0 fully saturated rings. The van der Waals surface area contributed by atoms with E-state index >= 15 is 0 Å². The lowest BCUT2D eigenvalue weighted by Gasteiger charge is -2.25. The molecule has 5 N–H and O–H groups in total. The Kier molecular flexibility index (Phi) is 5.63. The summed E-state index contributed by atoms with van der Waals surface area (Å²) >= 11 is 0. The van der Waals surface area contributed by atoms with Gasteiger partial charge in [0.2, 0.25) is 9.84 Å². The van der Waals surface area contributed by atoms with Crippen LogP contribution in [0.15, 0.2) is 29.2 Å². The van der Waals surface area contributed by atoms with E-state index in [-0.39, 0.29) is 4.90 Å². The van der Waals surface area contributed by atoms with E-state index in [2.05, 4.69) is 0 Å². The second-order valence-electron chi connectivity index (χ2n) is 4.48. The van der Waals surface area contributed by atoms with Gasteiger partial charge in [-0.15, -0.1) is 0 Å². The third-order valence-corrected chi connectivity index (χ3v) is 4.73. The molecule has 0 saturated carbocycles. The van der Waals surface area contributed by atoms with Gasteiger partial charge in [0.15, 0.2) is 5.44 Å². The van der Waals surface area contributed by atoms with Gasteiger partial charge in [-0.2, -0.15) is 0 Å². The molecule has 0 saturated heterocycles. The number of aliphatic hydroxyl groups excluding tert-OH is 5. The van der Waals surface area contributed by atoms with Gasteiger partial charge in [0.25, 0.3) is 0 Å². The predicted molar refractivity (Wildman–Crippen MR) is 69.5 cm³/mol. The third kappa shape index (κ3) is 3.54. The molecule has 0 spiro atoms. The molecule has 1 aromatic carbocycles. The monoisotopic (exact) mass is 306 g/mol. The number of rotatable bonds is 6. The van der Waals surface area contributed by atoms with Crippen LogP contribution in [0, 0.1) is 6.92 Å². The Balaban J connectivity index is 3.00. The lowest BCUT2D eigenvalue weighted by molar-refractivity contribution is -0.0981. The molecular weight excluding hydrogens is 288 g/mol. The SMILES string of the molecule is Cc1ccc(S(=O)(=O)C(O)[C@@H](O)[C@@H](O)[C@H](O)CO)cc1. The van der Waals surface area contributed by atoms with Crippen molar-refractivity contribution < 1.29 is 34.0 Å². The first-order chi connectivity index (χ1) is 9.21. The van der Waals surface area contributed by atoms with E-state index in [1.165, 1.54) is 24.3 Å². The zero-order valence-corrected chi connectivity index (χ0v) is 11.6. The lowest BCUT2D eigenvalue weighted by atomic mass is 10.1. The van der Waals surface area contributed by atoms with Crippen LogP contribution in [0.2, 0.25) is 0 Å². The number of aliphatic hydroxyl groups is 5. The Labute approximate surface area is 116 Å². The first kappa shape index (κ1) is 17.0. The average Bonchev–Trinajstić information content (AvgIpc) is 2.44. The second-order valence-corrected chi connectivity index (χ2v) is 6.52. The molecule has 1 rings (SSSR count). The molecule has 20 heavy (non-hydrogen) atoms. The Morgan fingerprint density at radius 1 is 1.00 bits per heavy atom. The van der Waals surface area contributed by atoms with E-state index < -0.39 is 40.2 Å². The van der Waals surface area contributed by atoms with Crippen LogP contribution in [-0.4, -0.2) is 64.3 Å². The number of benzene rings is 1. The molecule has 114 valence electrons. The zero-order chi connectivity index (χ0) is 15.5. The molecule has 7 nitrogen and oxygen atoms in total. The van der Waals surface area contributed by atoms with Gasteiger partial charge in [0.05, 0.1) is 11.5 Å². The number of sulfone groups is 1. The van der Waals surface area contributed by atoms with Crippen LogP contribution in [0.25, 0.3) is 0 Å². The average molecular weight is 306 g/mol. The summed E-state index contributed by atoms with van der Waals surface area (Å²) in [6.07, 6.45) is -5.90. The summed E-state index contributed by atoms with van der Waals surface area (Å²) in [5, 5.41) is 46.5. The van der Waals surface area contributed by atoms with E-state index in [1.54, 1.807) is 6.92 Å². The van der Waals surface area contributed by atoms with E-state index in [0.717, 1.165) is 5.56 Å².